The molecule has 1 saturated heterocycles. The maximum atomic E-state index is 5.77. The predicted molar refractivity (Wildman–Crippen MR) is 69.9 cm³/mol. The van der Waals surface area contributed by atoms with Crippen LogP contribution in [0.4, 0.5) is 5.69 Å². The molecule has 1 heterocycles. The molecule has 16 heavy (non-hydrogen) atoms. The lowest BCUT2D eigenvalue weighted by molar-refractivity contribution is 0.0963. The van der Waals surface area contributed by atoms with Gasteiger partial charge in [-0.1, -0.05) is 22.0 Å². The highest BCUT2D eigenvalue weighted by Crippen LogP contribution is 2.25. The molecule has 1 atom stereocenters. The first-order valence-electron chi connectivity index (χ1n) is 5.53. The largest absolute Gasteiger partial charge is 0.377 e. The molecule has 88 valence electrons. The first kappa shape index (κ1) is 11.9. The number of aryl methyl sites for hydroxylation is 1. The van der Waals surface area contributed by atoms with Gasteiger partial charge in [-0.15, -0.1) is 0 Å². The van der Waals surface area contributed by atoms with Crippen LogP contribution in [-0.2, 0) is 4.74 Å². The lowest BCUT2D eigenvalue weighted by Crippen LogP contribution is -2.49. The summed E-state index contributed by atoms with van der Waals surface area (Å²) in [5.41, 5.74) is 8.24. The van der Waals surface area contributed by atoms with Crippen LogP contribution >= 0.6 is 15.9 Å². The number of nitrogens with zero attached hydrogens (tertiary/aromatic N) is 1. The average Bonchev–Trinajstić information content (AvgIpc) is 2.32. The molecule has 4 heteroatoms. The van der Waals surface area contributed by atoms with E-state index in [0.29, 0.717) is 12.6 Å². The van der Waals surface area contributed by atoms with E-state index in [1.807, 2.05) is 0 Å². The monoisotopic (exact) mass is 284 g/mol. The smallest absolute Gasteiger partial charge is 0.0683 e. The third-order valence-corrected chi connectivity index (χ3v) is 3.84. The number of rotatable bonds is 2. The summed E-state index contributed by atoms with van der Waals surface area (Å²) < 4.78 is 6.59. The topological polar surface area (TPSA) is 38.5 Å². The number of nitrogens with two attached hydrogens (primary N) is 1. The van der Waals surface area contributed by atoms with Gasteiger partial charge in [0.15, 0.2) is 0 Å². The van der Waals surface area contributed by atoms with Crippen LogP contribution in [0.5, 0.6) is 0 Å². The Morgan fingerprint density at radius 3 is 3.06 bits per heavy atom. The molecule has 3 nitrogen and oxygen atoms in total. The minimum atomic E-state index is 0.295. The summed E-state index contributed by atoms with van der Waals surface area (Å²) in [5.74, 6) is 0. The Morgan fingerprint density at radius 1 is 1.56 bits per heavy atom. The fourth-order valence-electron chi connectivity index (χ4n) is 1.95. The van der Waals surface area contributed by atoms with Gasteiger partial charge < -0.3 is 15.4 Å². The maximum Gasteiger partial charge on any atom is 0.0683 e. The second-order valence-electron chi connectivity index (χ2n) is 4.09. The summed E-state index contributed by atoms with van der Waals surface area (Å²) in [6.45, 7) is 5.14. The lowest BCUT2D eigenvalue weighted by atomic mass is 10.1. The van der Waals surface area contributed by atoms with Gasteiger partial charge in [-0.05, 0) is 24.6 Å². The van der Waals surface area contributed by atoms with Gasteiger partial charge >= 0.3 is 0 Å². The van der Waals surface area contributed by atoms with E-state index in [9.17, 15) is 0 Å². The fourth-order valence-corrected chi connectivity index (χ4v) is 2.32. The van der Waals surface area contributed by atoms with Crippen LogP contribution in [0.2, 0.25) is 0 Å². The first-order valence-corrected chi connectivity index (χ1v) is 6.32. The number of ether oxygens (including phenoxy) is 1. The number of benzene rings is 1. The molecule has 0 saturated carbocycles. The zero-order valence-corrected chi connectivity index (χ0v) is 11.0. The summed E-state index contributed by atoms with van der Waals surface area (Å²) in [4.78, 5) is 2.33. The van der Waals surface area contributed by atoms with Gasteiger partial charge in [-0.25, -0.2) is 0 Å². The number of hydrogen-bond donors (Lipinski definition) is 1. The summed E-state index contributed by atoms with van der Waals surface area (Å²) in [6.07, 6.45) is 0. The summed E-state index contributed by atoms with van der Waals surface area (Å²) in [5, 5.41) is 0. The second kappa shape index (κ2) is 5.17. The molecule has 2 N–H and O–H groups in total. The van der Waals surface area contributed by atoms with Crippen molar-refractivity contribution < 1.29 is 4.74 Å². The van der Waals surface area contributed by atoms with Crippen LogP contribution in [0.3, 0.4) is 0 Å². The molecular formula is C12H17BrN2O. The molecule has 2 rings (SSSR count). The molecule has 0 amide bonds. The van der Waals surface area contributed by atoms with Gasteiger partial charge in [-0.2, -0.15) is 0 Å². The number of morpholine rings is 1. The summed E-state index contributed by atoms with van der Waals surface area (Å²) in [7, 11) is 0. The van der Waals surface area contributed by atoms with Crippen LogP contribution < -0.4 is 10.6 Å². The van der Waals surface area contributed by atoms with Gasteiger partial charge in [0.25, 0.3) is 0 Å². The van der Waals surface area contributed by atoms with Crippen molar-refractivity contribution in [3.05, 3.63) is 28.2 Å². The van der Waals surface area contributed by atoms with Gasteiger partial charge in [-0.3, -0.25) is 0 Å². The summed E-state index contributed by atoms with van der Waals surface area (Å²) in [6, 6.07) is 6.73. The number of halogens is 1. The molecule has 1 aromatic rings. The van der Waals surface area contributed by atoms with Gasteiger partial charge in [0, 0.05) is 23.2 Å². The molecule has 1 fully saturated rings. The molecule has 0 radical (unpaired) electrons. The Kier molecular flexibility index (Phi) is 3.84. The van der Waals surface area contributed by atoms with Crippen LogP contribution in [0.25, 0.3) is 0 Å². The van der Waals surface area contributed by atoms with Crippen molar-refractivity contribution in [3.63, 3.8) is 0 Å². The molecule has 0 bridgehead atoms. The zero-order valence-electron chi connectivity index (χ0n) is 9.45. The van der Waals surface area contributed by atoms with E-state index in [2.05, 4.69) is 46.0 Å². The van der Waals surface area contributed by atoms with Crippen LogP contribution in [-0.4, -0.2) is 32.3 Å². The molecule has 1 aromatic carbocycles. The Hall–Kier alpha value is -0.580. The van der Waals surface area contributed by atoms with Gasteiger partial charge in [0.05, 0.1) is 19.3 Å². The average molecular weight is 285 g/mol. The first-order chi connectivity index (χ1) is 7.72. The highest BCUT2D eigenvalue weighted by atomic mass is 79.9. The molecule has 1 aliphatic rings. The highest BCUT2D eigenvalue weighted by Gasteiger charge is 2.22. The van der Waals surface area contributed by atoms with Crippen molar-refractivity contribution in [1.82, 2.24) is 0 Å². The Labute approximate surface area is 105 Å². The fraction of sp³-hybridized carbons (Fsp3) is 0.500. The standard InChI is InChI=1S/C12H17BrN2O/c1-9-2-3-10(6-12(9)13)15-4-5-16-8-11(15)7-14/h2-3,6,11H,4-5,7-8,14H2,1H3. The van der Waals surface area contributed by atoms with Crippen LogP contribution in [0, 0.1) is 6.92 Å². The zero-order chi connectivity index (χ0) is 11.5. The third kappa shape index (κ3) is 2.39. The highest BCUT2D eigenvalue weighted by molar-refractivity contribution is 9.10. The maximum absolute atomic E-state index is 5.77. The van der Waals surface area contributed by atoms with Gasteiger partial charge in [0.1, 0.15) is 0 Å². The number of anilines is 1. The molecule has 1 aliphatic heterocycles. The SMILES string of the molecule is Cc1ccc(N2CCOCC2CN)cc1Br. The van der Waals surface area contributed by atoms with E-state index < -0.39 is 0 Å². The van der Waals surface area contributed by atoms with E-state index >= 15 is 0 Å². The summed E-state index contributed by atoms with van der Waals surface area (Å²) >= 11 is 3.57. The minimum absolute atomic E-state index is 0.295. The Bertz CT molecular complexity index is 370. The van der Waals surface area contributed by atoms with Crippen molar-refractivity contribution in [3.8, 4) is 0 Å². The van der Waals surface area contributed by atoms with Crippen molar-refractivity contribution in [2.24, 2.45) is 5.73 Å². The van der Waals surface area contributed by atoms with E-state index in [0.717, 1.165) is 24.2 Å². The number of hydrogen-bond acceptors (Lipinski definition) is 3. The van der Waals surface area contributed by atoms with Gasteiger partial charge in [0.2, 0.25) is 0 Å². The van der Waals surface area contributed by atoms with Crippen molar-refractivity contribution >= 4 is 21.6 Å². The normalized spacial score (nSPS) is 21.2. The predicted octanol–water partition coefficient (Wildman–Crippen LogP) is 1.92. The van der Waals surface area contributed by atoms with Crippen molar-refractivity contribution in [2.75, 3.05) is 31.2 Å². The van der Waals surface area contributed by atoms with E-state index in [-0.39, 0.29) is 0 Å². The minimum Gasteiger partial charge on any atom is -0.377 e. The lowest BCUT2D eigenvalue weighted by Gasteiger charge is -2.36. The second-order valence-corrected chi connectivity index (χ2v) is 4.95. The van der Waals surface area contributed by atoms with Crippen molar-refractivity contribution in [2.45, 2.75) is 13.0 Å². The van der Waals surface area contributed by atoms with Crippen molar-refractivity contribution in [1.29, 1.82) is 0 Å². The Morgan fingerprint density at radius 2 is 2.38 bits per heavy atom. The molecule has 0 spiro atoms. The third-order valence-electron chi connectivity index (χ3n) is 2.99. The van der Waals surface area contributed by atoms with Crippen LogP contribution in [0.1, 0.15) is 5.56 Å². The quantitative estimate of drug-likeness (QED) is 0.902. The molecule has 0 aromatic heterocycles. The molecule has 1 unspecified atom stereocenters. The molecular weight excluding hydrogens is 268 g/mol. The van der Waals surface area contributed by atoms with E-state index in [4.69, 9.17) is 10.5 Å². The van der Waals surface area contributed by atoms with E-state index in [1.54, 1.807) is 0 Å². The molecule has 0 aliphatic carbocycles. The Balaban J connectivity index is 2.23. The van der Waals surface area contributed by atoms with Crippen LogP contribution in [0.15, 0.2) is 22.7 Å². The van der Waals surface area contributed by atoms with E-state index in [1.165, 1.54) is 11.3 Å².